The third-order valence-electron chi connectivity index (χ3n) is 2.40. The van der Waals surface area contributed by atoms with Crippen LogP contribution in [0.1, 0.15) is 11.1 Å². The van der Waals surface area contributed by atoms with Gasteiger partial charge >= 0.3 is 0 Å². The van der Waals surface area contributed by atoms with Crippen molar-refractivity contribution in [1.29, 1.82) is 5.26 Å². The topological polar surface area (TPSA) is 35.8 Å². The maximum absolute atomic E-state index is 8.69. The quantitative estimate of drug-likeness (QED) is 0.928. The number of benzene rings is 2. The van der Waals surface area contributed by atoms with Gasteiger partial charge in [0.05, 0.1) is 11.6 Å². The van der Waals surface area contributed by atoms with Crippen LogP contribution >= 0.6 is 15.9 Å². The number of rotatable bonds is 3. The Kier molecular flexibility index (Phi) is 3.79. The molecule has 0 spiro atoms. The molecule has 0 aliphatic carbocycles. The lowest BCUT2D eigenvalue weighted by Crippen LogP contribution is -1.98. The highest BCUT2D eigenvalue weighted by Gasteiger charge is 1.95. The molecule has 0 saturated carbocycles. The lowest BCUT2D eigenvalue weighted by atomic mass is 10.2. The van der Waals surface area contributed by atoms with Gasteiger partial charge in [0.15, 0.2) is 0 Å². The van der Waals surface area contributed by atoms with Crippen molar-refractivity contribution < 1.29 is 0 Å². The Morgan fingerprint density at radius 3 is 2.53 bits per heavy atom. The average molecular weight is 287 g/mol. The molecule has 0 amide bonds. The largest absolute Gasteiger partial charge is 0.381 e. The third-order valence-corrected chi connectivity index (χ3v) is 2.89. The van der Waals surface area contributed by atoms with Crippen molar-refractivity contribution in [2.45, 2.75) is 6.54 Å². The molecule has 1 N–H and O–H groups in total. The second-order valence-corrected chi connectivity index (χ2v) is 4.59. The number of nitrogens with zero attached hydrogens (tertiary/aromatic N) is 1. The molecule has 0 radical (unpaired) electrons. The number of nitrogens with one attached hydrogen (secondary N) is 1. The first-order valence-corrected chi connectivity index (χ1v) is 6.06. The molecule has 0 aromatic heterocycles. The fraction of sp³-hybridized carbons (Fsp3) is 0.0714. The first kappa shape index (κ1) is 11.7. The van der Waals surface area contributed by atoms with Gasteiger partial charge in [0, 0.05) is 16.7 Å². The molecule has 0 unspecified atom stereocenters. The van der Waals surface area contributed by atoms with Crippen molar-refractivity contribution >= 4 is 21.6 Å². The summed E-state index contributed by atoms with van der Waals surface area (Å²) in [6.07, 6.45) is 0. The molecule has 0 saturated heterocycles. The molecule has 0 bridgehead atoms. The number of halogens is 1. The van der Waals surface area contributed by atoms with Crippen LogP contribution in [0.4, 0.5) is 5.69 Å². The third kappa shape index (κ3) is 3.33. The predicted molar refractivity (Wildman–Crippen MR) is 72.6 cm³/mol. The summed E-state index contributed by atoms with van der Waals surface area (Å²) in [6, 6.07) is 17.7. The van der Waals surface area contributed by atoms with Crippen LogP contribution in [0.5, 0.6) is 0 Å². The van der Waals surface area contributed by atoms with Crippen LogP contribution in [0.15, 0.2) is 53.0 Å². The summed E-state index contributed by atoms with van der Waals surface area (Å²) in [7, 11) is 0. The summed E-state index contributed by atoms with van der Waals surface area (Å²) in [5, 5.41) is 12.0. The van der Waals surface area contributed by atoms with Crippen molar-refractivity contribution in [3.8, 4) is 6.07 Å². The summed E-state index contributed by atoms with van der Waals surface area (Å²) in [6.45, 7) is 0.769. The molecule has 0 heterocycles. The minimum absolute atomic E-state index is 0.679. The Labute approximate surface area is 109 Å². The molecular weight excluding hydrogens is 276 g/mol. The van der Waals surface area contributed by atoms with Gasteiger partial charge in [-0.3, -0.25) is 0 Å². The molecule has 2 aromatic carbocycles. The van der Waals surface area contributed by atoms with Gasteiger partial charge in [-0.05, 0) is 42.0 Å². The van der Waals surface area contributed by atoms with Gasteiger partial charge in [-0.1, -0.05) is 28.1 Å². The lowest BCUT2D eigenvalue weighted by molar-refractivity contribution is 1.15. The Morgan fingerprint density at radius 1 is 1.12 bits per heavy atom. The molecule has 0 aliphatic rings. The average Bonchev–Trinajstić information content (AvgIpc) is 2.37. The molecule has 3 heteroatoms. The minimum Gasteiger partial charge on any atom is -0.381 e. The molecule has 0 atom stereocenters. The number of nitriles is 1. The van der Waals surface area contributed by atoms with Gasteiger partial charge < -0.3 is 5.32 Å². The molecule has 2 nitrogen and oxygen atoms in total. The first-order valence-electron chi connectivity index (χ1n) is 5.26. The number of hydrogen-bond acceptors (Lipinski definition) is 2. The molecule has 2 aromatic rings. The Balaban J connectivity index is 2.00. The van der Waals surface area contributed by atoms with E-state index in [9.17, 15) is 0 Å². The van der Waals surface area contributed by atoms with Crippen molar-refractivity contribution in [3.63, 3.8) is 0 Å². The fourth-order valence-electron chi connectivity index (χ4n) is 1.51. The predicted octanol–water partition coefficient (Wildman–Crippen LogP) is 3.93. The van der Waals surface area contributed by atoms with Crippen LogP contribution in [-0.4, -0.2) is 0 Å². The van der Waals surface area contributed by atoms with Crippen LogP contribution in [0.2, 0.25) is 0 Å². The number of anilines is 1. The minimum atomic E-state index is 0.679. The molecule has 0 aliphatic heterocycles. The number of hydrogen-bond donors (Lipinski definition) is 1. The molecule has 84 valence electrons. The summed E-state index contributed by atoms with van der Waals surface area (Å²) < 4.78 is 1.08. The maximum atomic E-state index is 8.69. The van der Waals surface area contributed by atoms with Gasteiger partial charge in [-0.2, -0.15) is 5.26 Å². The van der Waals surface area contributed by atoms with E-state index in [0.29, 0.717) is 5.56 Å². The maximum Gasteiger partial charge on any atom is 0.0991 e. The normalized spacial score (nSPS) is 9.65. The highest BCUT2D eigenvalue weighted by molar-refractivity contribution is 9.10. The van der Waals surface area contributed by atoms with E-state index < -0.39 is 0 Å². The molecule has 17 heavy (non-hydrogen) atoms. The van der Waals surface area contributed by atoms with Crippen molar-refractivity contribution in [2.24, 2.45) is 0 Å². The summed E-state index contributed by atoms with van der Waals surface area (Å²) in [5.41, 5.74) is 2.91. The van der Waals surface area contributed by atoms with E-state index in [1.54, 1.807) is 0 Å². The Morgan fingerprint density at radius 2 is 1.88 bits per heavy atom. The fourth-order valence-corrected chi connectivity index (χ4v) is 1.96. The van der Waals surface area contributed by atoms with Gasteiger partial charge in [-0.15, -0.1) is 0 Å². The molecular formula is C14H11BrN2. The van der Waals surface area contributed by atoms with Crippen molar-refractivity contribution in [3.05, 3.63) is 64.1 Å². The van der Waals surface area contributed by atoms with Gasteiger partial charge in [0.2, 0.25) is 0 Å². The van der Waals surface area contributed by atoms with E-state index >= 15 is 0 Å². The summed E-state index contributed by atoms with van der Waals surface area (Å²) in [4.78, 5) is 0. The second-order valence-electron chi connectivity index (χ2n) is 3.67. The monoisotopic (exact) mass is 286 g/mol. The van der Waals surface area contributed by atoms with Crippen molar-refractivity contribution in [1.82, 2.24) is 0 Å². The smallest absolute Gasteiger partial charge is 0.0991 e. The van der Waals surface area contributed by atoms with Crippen LogP contribution in [0.25, 0.3) is 0 Å². The molecule has 0 fully saturated rings. The second kappa shape index (κ2) is 5.51. The van der Waals surface area contributed by atoms with Crippen LogP contribution in [0, 0.1) is 11.3 Å². The van der Waals surface area contributed by atoms with E-state index in [-0.39, 0.29) is 0 Å². The van der Waals surface area contributed by atoms with Gasteiger partial charge in [-0.25, -0.2) is 0 Å². The van der Waals surface area contributed by atoms with E-state index in [1.165, 1.54) is 5.56 Å². The van der Waals surface area contributed by atoms with E-state index in [1.807, 2.05) is 36.4 Å². The Hall–Kier alpha value is -1.79. The van der Waals surface area contributed by atoms with E-state index in [0.717, 1.165) is 16.7 Å². The lowest BCUT2D eigenvalue weighted by Gasteiger charge is -2.06. The van der Waals surface area contributed by atoms with Gasteiger partial charge in [0.25, 0.3) is 0 Å². The van der Waals surface area contributed by atoms with Crippen molar-refractivity contribution in [2.75, 3.05) is 5.32 Å². The van der Waals surface area contributed by atoms with E-state index in [4.69, 9.17) is 5.26 Å². The van der Waals surface area contributed by atoms with E-state index in [2.05, 4.69) is 39.4 Å². The SMILES string of the molecule is N#Cc1ccc(NCc2cccc(Br)c2)cc1. The first-order chi connectivity index (χ1) is 8.28. The molecule has 2 rings (SSSR count). The zero-order valence-corrected chi connectivity index (χ0v) is 10.7. The van der Waals surface area contributed by atoms with Gasteiger partial charge in [0.1, 0.15) is 0 Å². The van der Waals surface area contributed by atoms with Crippen LogP contribution in [-0.2, 0) is 6.54 Å². The highest BCUT2D eigenvalue weighted by Crippen LogP contribution is 2.14. The zero-order valence-electron chi connectivity index (χ0n) is 9.15. The Bertz CT molecular complexity index is 541. The highest BCUT2D eigenvalue weighted by atomic mass is 79.9. The van der Waals surface area contributed by atoms with Crippen LogP contribution in [0.3, 0.4) is 0 Å². The summed E-state index contributed by atoms with van der Waals surface area (Å²) >= 11 is 3.44. The zero-order chi connectivity index (χ0) is 12.1. The van der Waals surface area contributed by atoms with Crippen LogP contribution < -0.4 is 5.32 Å². The standard InChI is InChI=1S/C14H11BrN2/c15-13-3-1-2-12(8-13)10-17-14-6-4-11(9-16)5-7-14/h1-8,17H,10H2. The summed E-state index contributed by atoms with van der Waals surface area (Å²) in [5.74, 6) is 0.